The molecule has 0 spiro atoms. The number of anilines is 3. The predicted octanol–water partition coefficient (Wildman–Crippen LogP) is 5.82. The van der Waals surface area contributed by atoms with E-state index in [0.717, 1.165) is 36.9 Å². The first-order valence-corrected chi connectivity index (χ1v) is 12.5. The summed E-state index contributed by atoms with van der Waals surface area (Å²) in [6.45, 7) is 1.92. The lowest BCUT2D eigenvalue weighted by Crippen LogP contribution is -2.14. The molecule has 3 rings (SSSR count). The van der Waals surface area contributed by atoms with Crippen LogP contribution in [0.3, 0.4) is 0 Å². The van der Waals surface area contributed by atoms with E-state index in [0.29, 0.717) is 17.8 Å². The Morgan fingerprint density at radius 1 is 0.848 bits per heavy atom. The van der Waals surface area contributed by atoms with Gasteiger partial charge in [-0.3, -0.25) is 9.52 Å². The summed E-state index contributed by atoms with van der Waals surface area (Å²) in [6.07, 6.45) is 4.22. The minimum absolute atomic E-state index is 0.160. The van der Waals surface area contributed by atoms with Crippen molar-refractivity contribution in [3.8, 4) is 0 Å². The SMILES string of the molecule is COC(=O)CCCCCc1ccc(Nc2ccccc2NS(=O)(=O)c2ccc(C)cc2)cc1. The predicted molar refractivity (Wildman–Crippen MR) is 132 cm³/mol. The molecule has 0 fully saturated rings. The number of hydrogen-bond donors (Lipinski definition) is 2. The molecule has 0 unspecified atom stereocenters. The highest BCUT2D eigenvalue weighted by Crippen LogP contribution is 2.28. The Morgan fingerprint density at radius 2 is 1.52 bits per heavy atom. The molecule has 0 radical (unpaired) electrons. The summed E-state index contributed by atoms with van der Waals surface area (Å²) in [5.74, 6) is -0.160. The number of carbonyl (C=O) groups is 1. The van der Waals surface area contributed by atoms with Crippen LogP contribution in [0, 0.1) is 6.92 Å². The molecule has 7 heteroatoms. The fourth-order valence-electron chi connectivity index (χ4n) is 3.39. The second-order valence-electron chi connectivity index (χ2n) is 7.92. The first-order chi connectivity index (χ1) is 15.9. The van der Waals surface area contributed by atoms with Crippen LogP contribution in [0.5, 0.6) is 0 Å². The third-order valence-electron chi connectivity index (χ3n) is 5.31. The van der Waals surface area contributed by atoms with Crippen LogP contribution in [0.4, 0.5) is 17.1 Å². The van der Waals surface area contributed by atoms with Gasteiger partial charge in [0.25, 0.3) is 10.0 Å². The van der Waals surface area contributed by atoms with Crippen molar-refractivity contribution >= 4 is 33.1 Å². The van der Waals surface area contributed by atoms with E-state index < -0.39 is 10.0 Å². The Balaban J connectivity index is 1.60. The number of esters is 1. The van der Waals surface area contributed by atoms with Gasteiger partial charge in [-0.05, 0) is 68.1 Å². The lowest BCUT2D eigenvalue weighted by atomic mass is 10.1. The molecule has 0 aliphatic heterocycles. The number of nitrogens with one attached hydrogen (secondary N) is 2. The fourth-order valence-corrected chi connectivity index (χ4v) is 4.47. The monoisotopic (exact) mass is 466 g/mol. The molecule has 0 bridgehead atoms. The van der Waals surface area contributed by atoms with Crippen molar-refractivity contribution in [3.63, 3.8) is 0 Å². The highest BCUT2D eigenvalue weighted by Gasteiger charge is 2.15. The number of para-hydroxylation sites is 2. The molecule has 33 heavy (non-hydrogen) atoms. The van der Waals surface area contributed by atoms with Gasteiger partial charge in [0.1, 0.15) is 0 Å². The van der Waals surface area contributed by atoms with Crippen LogP contribution in [0.15, 0.2) is 77.7 Å². The van der Waals surface area contributed by atoms with E-state index in [2.05, 4.69) is 26.9 Å². The second kappa shape index (κ2) is 11.5. The van der Waals surface area contributed by atoms with Gasteiger partial charge < -0.3 is 10.1 Å². The van der Waals surface area contributed by atoms with E-state index in [1.54, 1.807) is 36.4 Å². The number of methoxy groups -OCH3 is 1. The molecule has 0 saturated carbocycles. The van der Waals surface area contributed by atoms with Gasteiger partial charge in [0.2, 0.25) is 0 Å². The maximum atomic E-state index is 12.8. The van der Waals surface area contributed by atoms with E-state index in [1.807, 2.05) is 31.2 Å². The zero-order valence-corrected chi connectivity index (χ0v) is 19.8. The maximum Gasteiger partial charge on any atom is 0.305 e. The van der Waals surface area contributed by atoms with Crippen molar-refractivity contribution in [2.24, 2.45) is 0 Å². The Bertz CT molecular complexity index is 1160. The summed E-state index contributed by atoms with van der Waals surface area (Å²) in [5.41, 5.74) is 4.23. The molecule has 0 aliphatic rings. The van der Waals surface area contributed by atoms with Crippen molar-refractivity contribution in [1.29, 1.82) is 0 Å². The fraction of sp³-hybridized carbons (Fsp3) is 0.269. The van der Waals surface area contributed by atoms with Gasteiger partial charge in [-0.25, -0.2) is 8.42 Å². The van der Waals surface area contributed by atoms with Crippen molar-refractivity contribution in [3.05, 3.63) is 83.9 Å². The molecular formula is C26H30N2O4S. The van der Waals surface area contributed by atoms with Crippen LogP contribution in [-0.4, -0.2) is 21.5 Å². The van der Waals surface area contributed by atoms with E-state index in [-0.39, 0.29) is 10.9 Å². The average Bonchev–Trinajstić information content (AvgIpc) is 2.81. The number of sulfonamides is 1. The third kappa shape index (κ3) is 7.36. The molecule has 3 aromatic carbocycles. The third-order valence-corrected chi connectivity index (χ3v) is 6.69. The van der Waals surface area contributed by atoms with Crippen molar-refractivity contribution in [2.75, 3.05) is 17.1 Å². The van der Waals surface area contributed by atoms with Gasteiger partial charge >= 0.3 is 5.97 Å². The summed E-state index contributed by atoms with van der Waals surface area (Å²) < 4.78 is 32.9. The van der Waals surface area contributed by atoms with Gasteiger partial charge in [0, 0.05) is 12.1 Å². The molecule has 0 atom stereocenters. The Kier molecular flexibility index (Phi) is 8.49. The minimum atomic E-state index is -3.69. The van der Waals surface area contributed by atoms with Gasteiger partial charge in [-0.1, -0.05) is 48.4 Å². The summed E-state index contributed by atoms with van der Waals surface area (Å²) >= 11 is 0. The molecule has 0 heterocycles. The Morgan fingerprint density at radius 3 is 2.18 bits per heavy atom. The number of aryl methyl sites for hydroxylation is 2. The number of carbonyl (C=O) groups excluding carboxylic acids is 1. The van der Waals surface area contributed by atoms with E-state index in [1.165, 1.54) is 12.7 Å². The zero-order valence-electron chi connectivity index (χ0n) is 19.0. The Hall–Kier alpha value is -3.32. The zero-order chi connectivity index (χ0) is 23.7. The van der Waals surface area contributed by atoms with Crippen LogP contribution >= 0.6 is 0 Å². The smallest absolute Gasteiger partial charge is 0.305 e. The van der Waals surface area contributed by atoms with Crippen molar-refractivity contribution in [2.45, 2.75) is 43.9 Å². The number of rotatable bonds is 11. The van der Waals surface area contributed by atoms with Gasteiger partial charge in [0.15, 0.2) is 0 Å². The lowest BCUT2D eigenvalue weighted by molar-refractivity contribution is -0.140. The molecule has 0 amide bonds. The van der Waals surface area contributed by atoms with Crippen molar-refractivity contribution in [1.82, 2.24) is 0 Å². The molecule has 3 aromatic rings. The second-order valence-corrected chi connectivity index (χ2v) is 9.61. The van der Waals surface area contributed by atoms with Crippen LogP contribution in [-0.2, 0) is 26.0 Å². The molecule has 174 valence electrons. The quantitative estimate of drug-likeness (QED) is 0.275. The molecule has 6 nitrogen and oxygen atoms in total. The molecule has 2 N–H and O–H groups in total. The first kappa shape index (κ1) is 24.3. The summed E-state index contributed by atoms with van der Waals surface area (Å²) in [7, 11) is -2.28. The van der Waals surface area contributed by atoms with E-state index in [4.69, 9.17) is 0 Å². The highest BCUT2D eigenvalue weighted by atomic mass is 32.2. The average molecular weight is 467 g/mol. The minimum Gasteiger partial charge on any atom is -0.469 e. The lowest BCUT2D eigenvalue weighted by Gasteiger charge is -2.15. The number of unbranched alkanes of at least 4 members (excludes halogenated alkanes) is 2. The molecule has 0 aliphatic carbocycles. The van der Waals surface area contributed by atoms with Gasteiger partial charge in [-0.2, -0.15) is 0 Å². The molecule has 0 aromatic heterocycles. The number of benzene rings is 3. The molecule has 0 saturated heterocycles. The topological polar surface area (TPSA) is 84.5 Å². The van der Waals surface area contributed by atoms with Gasteiger partial charge in [0.05, 0.1) is 23.4 Å². The van der Waals surface area contributed by atoms with Gasteiger partial charge in [-0.15, -0.1) is 0 Å². The maximum absolute atomic E-state index is 12.8. The first-order valence-electron chi connectivity index (χ1n) is 11.0. The summed E-state index contributed by atoms with van der Waals surface area (Å²) in [6, 6.07) is 22.0. The number of hydrogen-bond acceptors (Lipinski definition) is 5. The van der Waals surface area contributed by atoms with Crippen LogP contribution in [0.1, 0.15) is 36.8 Å². The summed E-state index contributed by atoms with van der Waals surface area (Å²) in [4.78, 5) is 11.4. The number of ether oxygens (including phenoxy) is 1. The standard InChI is InChI=1S/C26H30N2O4S/c1-20-12-18-23(19-13-20)33(30,31)28-25-10-7-6-9-24(25)27-22-16-14-21(15-17-22)8-4-3-5-11-26(29)32-2/h6-7,9-10,12-19,27-28H,3-5,8,11H2,1-2H3. The van der Waals surface area contributed by atoms with Crippen LogP contribution < -0.4 is 10.0 Å². The summed E-state index contributed by atoms with van der Waals surface area (Å²) in [5, 5.41) is 3.30. The van der Waals surface area contributed by atoms with Crippen LogP contribution in [0.25, 0.3) is 0 Å². The van der Waals surface area contributed by atoms with Crippen molar-refractivity contribution < 1.29 is 17.9 Å². The normalized spacial score (nSPS) is 11.1. The largest absolute Gasteiger partial charge is 0.469 e. The molecular weight excluding hydrogens is 436 g/mol. The Labute approximate surface area is 196 Å². The van der Waals surface area contributed by atoms with E-state index in [9.17, 15) is 13.2 Å². The van der Waals surface area contributed by atoms with E-state index >= 15 is 0 Å². The van der Waals surface area contributed by atoms with Crippen LogP contribution in [0.2, 0.25) is 0 Å². The highest BCUT2D eigenvalue weighted by molar-refractivity contribution is 7.92.